The van der Waals surface area contributed by atoms with E-state index in [-0.39, 0.29) is 5.82 Å². The highest BCUT2D eigenvalue weighted by Crippen LogP contribution is 2.27. The van der Waals surface area contributed by atoms with E-state index in [0.717, 1.165) is 16.7 Å². The summed E-state index contributed by atoms with van der Waals surface area (Å²) in [6.45, 7) is 3.65. The summed E-state index contributed by atoms with van der Waals surface area (Å²) in [5.74, 6) is 0.186. The molecule has 0 aliphatic rings. The molecule has 0 bridgehead atoms. The van der Waals surface area contributed by atoms with Crippen LogP contribution in [0.4, 0.5) is 10.2 Å². The number of nitrogens with zero attached hydrogens (tertiary/aromatic N) is 1. The normalized spacial score (nSPS) is 12.4. The highest BCUT2D eigenvalue weighted by Gasteiger charge is 2.16. The van der Waals surface area contributed by atoms with E-state index in [4.69, 9.17) is 11.5 Å². The molecule has 0 radical (unpaired) electrons. The van der Waals surface area contributed by atoms with Crippen molar-refractivity contribution in [2.75, 3.05) is 5.73 Å². The Morgan fingerprint density at radius 1 is 1.17 bits per heavy atom. The lowest BCUT2D eigenvalue weighted by Gasteiger charge is -2.17. The molecule has 0 aliphatic heterocycles. The van der Waals surface area contributed by atoms with Crippen LogP contribution in [-0.2, 0) is 0 Å². The molecule has 0 saturated carbocycles. The number of hydrogen-bond donors (Lipinski definition) is 2. The zero-order chi connectivity index (χ0) is 13.3. The number of nitrogen functional groups attached to an aromatic ring is 1. The molecule has 1 heterocycles. The lowest BCUT2D eigenvalue weighted by Crippen LogP contribution is -2.16. The van der Waals surface area contributed by atoms with Gasteiger partial charge in [0.15, 0.2) is 0 Å². The summed E-state index contributed by atoms with van der Waals surface area (Å²) in [6.07, 6.45) is 1.65. The van der Waals surface area contributed by atoms with Crippen molar-refractivity contribution in [3.8, 4) is 0 Å². The maximum absolute atomic E-state index is 13.2. The van der Waals surface area contributed by atoms with Crippen molar-refractivity contribution >= 4 is 5.82 Å². The van der Waals surface area contributed by atoms with Gasteiger partial charge in [0.25, 0.3) is 0 Å². The summed E-state index contributed by atoms with van der Waals surface area (Å²) in [7, 11) is 0. The molecule has 0 spiro atoms. The van der Waals surface area contributed by atoms with Crippen molar-refractivity contribution in [3.63, 3.8) is 0 Å². The van der Waals surface area contributed by atoms with E-state index in [0.29, 0.717) is 11.4 Å². The second-order valence-corrected chi connectivity index (χ2v) is 4.41. The summed E-state index contributed by atoms with van der Waals surface area (Å²) in [4.78, 5) is 4.05. The molecule has 1 aromatic carbocycles. The number of halogens is 1. The Morgan fingerprint density at radius 3 is 2.50 bits per heavy atom. The quantitative estimate of drug-likeness (QED) is 0.854. The highest BCUT2D eigenvalue weighted by atomic mass is 19.1. The van der Waals surface area contributed by atoms with E-state index in [9.17, 15) is 4.39 Å². The van der Waals surface area contributed by atoms with Gasteiger partial charge in [-0.2, -0.15) is 0 Å². The number of rotatable bonds is 2. The van der Waals surface area contributed by atoms with Crippen molar-refractivity contribution in [1.29, 1.82) is 0 Å². The number of anilines is 1. The molecular weight excluding hydrogens is 229 g/mol. The van der Waals surface area contributed by atoms with Gasteiger partial charge in [0, 0.05) is 11.8 Å². The SMILES string of the molecule is Cc1cc(C(N)c2c(C)ccnc2N)ccc1F. The maximum atomic E-state index is 13.2. The molecular formula is C14H16FN3. The number of aryl methyl sites for hydroxylation is 2. The lowest BCUT2D eigenvalue weighted by atomic mass is 9.95. The third kappa shape index (κ3) is 2.19. The van der Waals surface area contributed by atoms with E-state index < -0.39 is 6.04 Å². The minimum Gasteiger partial charge on any atom is -0.383 e. The van der Waals surface area contributed by atoms with Crippen LogP contribution in [0.25, 0.3) is 0 Å². The summed E-state index contributed by atoms with van der Waals surface area (Å²) in [5, 5.41) is 0. The third-order valence-corrected chi connectivity index (χ3v) is 3.09. The number of nitrogens with two attached hydrogens (primary N) is 2. The fraction of sp³-hybridized carbons (Fsp3) is 0.214. The molecule has 4 N–H and O–H groups in total. The number of hydrogen-bond acceptors (Lipinski definition) is 3. The summed E-state index contributed by atoms with van der Waals surface area (Å²) in [5.41, 5.74) is 15.2. The van der Waals surface area contributed by atoms with Crippen molar-refractivity contribution in [2.24, 2.45) is 5.73 Å². The summed E-state index contributed by atoms with van der Waals surface area (Å²) in [6, 6.07) is 6.32. The minimum atomic E-state index is -0.391. The fourth-order valence-corrected chi connectivity index (χ4v) is 2.02. The second kappa shape index (κ2) is 4.74. The Kier molecular flexibility index (Phi) is 3.30. The Hall–Kier alpha value is -1.94. The average molecular weight is 245 g/mol. The molecule has 0 saturated heterocycles. The Bertz CT molecular complexity index is 561. The van der Waals surface area contributed by atoms with Crippen LogP contribution >= 0.6 is 0 Å². The van der Waals surface area contributed by atoms with Gasteiger partial charge < -0.3 is 11.5 Å². The van der Waals surface area contributed by atoms with E-state index in [1.807, 2.05) is 13.0 Å². The molecule has 4 heteroatoms. The first-order valence-corrected chi connectivity index (χ1v) is 5.73. The smallest absolute Gasteiger partial charge is 0.128 e. The van der Waals surface area contributed by atoms with Crippen LogP contribution in [0.2, 0.25) is 0 Å². The number of pyridine rings is 1. The van der Waals surface area contributed by atoms with E-state index in [1.54, 1.807) is 25.3 Å². The molecule has 0 aliphatic carbocycles. The van der Waals surface area contributed by atoms with Gasteiger partial charge in [-0.1, -0.05) is 12.1 Å². The molecule has 1 atom stereocenters. The summed E-state index contributed by atoms with van der Waals surface area (Å²) >= 11 is 0. The van der Waals surface area contributed by atoms with Gasteiger partial charge in [-0.3, -0.25) is 0 Å². The van der Waals surface area contributed by atoms with Gasteiger partial charge in [-0.25, -0.2) is 9.37 Å². The van der Waals surface area contributed by atoms with E-state index in [1.165, 1.54) is 6.07 Å². The van der Waals surface area contributed by atoms with Crippen molar-refractivity contribution in [3.05, 3.63) is 58.5 Å². The number of aromatic nitrogens is 1. The Labute approximate surface area is 106 Å². The zero-order valence-corrected chi connectivity index (χ0v) is 10.4. The standard InChI is InChI=1S/C14H16FN3/c1-8-5-6-18-14(17)12(8)13(16)10-3-4-11(15)9(2)7-10/h3-7,13H,16H2,1-2H3,(H2,17,18). The first-order chi connectivity index (χ1) is 8.50. The molecule has 3 nitrogen and oxygen atoms in total. The zero-order valence-electron chi connectivity index (χ0n) is 10.4. The monoisotopic (exact) mass is 245 g/mol. The average Bonchev–Trinajstić information content (AvgIpc) is 2.32. The lowest BCUT2D eigenvalue weighted by molar-refractivity contribution is 0.617. The van der Waals surface area contributed by atoms with E-state index in [2.05, 4.69) is 4.98 Å². The minimum absolute atomic E-state index is 0.234. The number of benzene rings is 1. The predicted octanol–water partition coefficient (Wildman–Crippen LogP) is 2.47. The topological polar surface area (TPSA) is 64.9 Å². The largest absolute Gasteiger partial charge is 0.383 e. The van der Waals surface area contributed by atoms with Gasteiger partial charge in [-0.15, -0.1) is 0 Å². The van der Waals surface area contributed by atoms with Gasteiger partial charge >= 0.3 is 0 Å². The first-order valence-electron chi connectivity index (χ1n) is 5.73. The second-order valence-electron chi connectivity index (χ2n) is 4.41. The van der Waals surface area contributed by atoms with E-state index >= 15 is 0 Å². The molecule has 0 amide bonds. The van der Waals surface area contributed by atoms with Crippen molar-refractivity contribution in [2.45, 2.75) is 19.9 Å². The molecule has 2 rings (SSSR count). The van der Waals surface area contributed by atoms with Crippen molar-refractivity contribution < 1.29 is 4.39 Å². The van der Waals surface area contributed by atoms with Gasteiger partial charge in [-0.05, 0) is 42.7 Å². The van der Waals surface area contributed by atoms with Gasteiger partial charge in [0.2, 0.25) is 0 Å². The van der Waals surface area contributed by atoms with Crippen LogP contribution < -0.4 is 11.5 Å². The molecule has 1 aromatic heterocycles. The molecule has 0 fully saturated rings. The highest BCUT2D eigenvalue weighted by molar-refractivity contribution is 5.49. The molecule has 18 heavy (non-hydrogen) atoms. The Balaban J connectivity index is 2.48. The maximum Gasteiger partial charge on any atom is 0.128 e. The molecule has 1 unspecified atom stereocenters. The third-order valence-electron chi connectivity index (χ3n) is 3.09. The molecule has 94 valence electrons. The van der Waals surface area contributed by atoms with Crippen LogP contribution in [0.3, 0.4) is 0 Å². The Morgan fingerprint density at radius 2 is 1.89 bits per heavy atom. The van der Waals surface area contributed by atoms with Gasteiger partial charge in [0.05, 0.1) is 6.04 Å². The van der Waals surface area contributed by atoms with Crippen LogP contribution in [0.5, 0.6) is 0 Å². The van der Waals surface area contributed by atoms with Crippen LogP contribution in [0, 0.1) is 19.7 Å². The fourth-order valence-electron chi connectivity index (χ4n) is 2.02. The van der Waals surface area contributed by atoms with Gasteiger partial charge in [0.1, 0.15) is 11.6 Å². The molecule has 2 aromatic rings. The van der Waals surface area contributed by atoms with Crippen LogP contribution in [-0.4, -0.2) is 4.98 Å². The van der Waals surface area contributed by atoms with Crippen LogP contribution in [0.15, 0.2) is 30.5 Å². The van der Waals surface area contributed by atoms with Crippen LogP contribution in [0.1, 0.15) is 28.3 Å². The first kappa shape index (κ1) is 12.5. The van der Waals surface area contributed by atoms with Crippen molar-refractivity contribution in [1.82, 2.24) is 4.98 Å². The summed E-state index contributed by atoms with van der Waals surface area (Å²) < 4.78 is 13.2. The predicted molar refractivity (Wildman–Crippen MR) is 70.6 cm³/mol.